The van der Waals surface area contributed by atoms with Gasteiger partial charge >= 0.3 is 11.9 Å². The van der Waals surface area contributed by atoms with Crippen LogP contribution in [0, 0.1) is 0 Å². The van der Waals surface area contributed by atoms with Crippen LogP contribution in [0.15, 0.2) is 66.9 Å². The minimum atomic E-state index is -1.82. The van der Waals surface area contributed by atoms with E-state index in [4.69, 9.17) is 29.3 Å². The Morgan fingerprint density at radius 1 is 1.00 bits per heavy atom. The number of fused-ring (bicyclic) bond motifs is 2. The van der Waals surface area contributed by atoms with Crippen molar-refractivity contribution in [3.63, 3.8) is 0 Å². The number of aliphatic hydroxyl groups excluding tert-OH is 1. The Morgan fingerprint density at radius 2 is 1.71 bits per heavy atom. The molecule has 0 unspecified atom stereocenters. The van der Waals surface area contributed by atoms with Crippen molar-refractivity contribution in [2.45, 2.75) is 24.9 Å². The van der Waals surface area contributed by atoms with Crippen molar-refractivity contribution in [2.24, 2.45) is 0 Å². The summed E-state index contributed by atoms with van der Waals surface area (Å²) in [7, 11) is 1.70. The fourth-order valence-corrected chi connectivity index (χ4v) is 4.79. The van der Waals surface area contributed by atoms with E-state index >= 15 is 0 Å². The lowest BCUT2D eigenvalue weighted by molar-refractivity contribution is -0.159. The number of likely N-dealkylation sites (tertiary alicyclic amines) is 1. The van der Waals surface area contributed by atoms with Crippen LogP contribution >= 0.6 is 0 Å². The van der Waals surface area contributed by atoms with Crippen molar-refractivity contribution in [2.75, 3.05) is 33.4 Å². The van der Waals surface area contributed by atoms with Crippen molar-refractivity contribution in [1.82, 2.24) is 9.88 Å². The molecule has 0 bridgehead atoms. The highest BCUT2D eigenvalue weighted by molar-refractivity contribution is 6.27. The topological polar surface area (TPSA) is 132 Å². The molecule has 0 saturated carbocycles. The van der Waals surface area contributed by atoms with Crippen LogP contribution in [0.2, 0.25) is 0 Å². The predicted octanol–water partition coefficient (Wildman–Crippen LogP) is 4.10. The third-order valence-corrected chi connectivity index (χ3v) is 6.77. The van der Waals surface area contributed by atoms with Gasteiger partial charge in [-0.05, 0) is 78.5 Å². The predicted molar refractivity (Wildman–Crippen MR) is 144 cm³/mol. The molecule has 4 aromatic rings. The average Bonchev–Trinajstić information content (AvgIpc) is 3.42. The largest absolute Gasteiger partial charge is 0.497 e. The van der Waals surface area contributed by atoms with E-state index in [1.54, 1.807) is 7.11 Å². The minimum absolute atomic E-state index is 0.304. The van der Waals surface area contributed by atoms with Gasteiger partial charge in [-0.15, -0.1) is 0 Å². The Kier molecular flexibility index (Phi) is 8.83. The van der Waals surface area contributed by atoms with Gasteiger partial charge in [-0.25, -0.2) is 9.59 Å². The molecule has 200 valence electrons. The second-order valence-corrected chi connectivity index (χ2v) is 9.32. The number of ether oxygens (including phenoxy) is 2. The van der Waals surface area contributed by atoms with Crippen LogP contribution < -0.4 is 9.47 Å². The number of H-pyrrole nitrogens is 1. The molecule has 1 aliphatic heterocycles. The van der Waals surface area contributed by atoms with Crippen LogP contribution in [-0.2, 0) is 9.59 Å². The number of piperidine rings is 1. The van der Waals surface area contributed by atoms with Crippen LogP contribution in [0.1, 0.15) is 24.3 Å². The zero-order valence-electron chi connectivity index (χ0n) is 21.2. The quantitative estimate of drug-likeness (QED) is 0.268. The summed E-state index contributed by atoms with van der Waals surface area (Å²) in [4.78, 5) is 23.7. The number of carbonyl (C=O) groups is 2. The molecule has 2 heterocycles. The van der Waals surface area contributed by atoms with Gasteiger partial charge in [0.1, 0.15) is 24.2 Å². The van der Waals surface area contributed by atoms with Gasteiger partial charge in [0, 0.05) is 23.6 Å². The third kappa shape index (κ3) is 6.81. The number of methoxy groups -OCH3 is 1. The van der Waals surface area contributed by atoms with Crippen molar-refractivity contribution in [3.8, 4) is 11.5 Å². The number of rotatable bonds is 7. The molecule has 1 saturated heterocycles. The first kappa shape index (κ1) is 27.0. The second-order valence-electron chi connectivity index (χ2n) is 9.32. The first-order valence-corrected chi connectivity index (χ1v) is 12.5. The molecule has 1 aromatic heterocycles. The summed E-state index contributed by atoms with van der Waals surface area (Å²) < 4.78 is 11.3. The molecule has 4 N–H and O–H groups in total. The van der Waals surface area contributed by atoms with E-state index in [0.717, 1.165) is 48.3 Å². The number of aromatic nitrogens is 1. The van der Waals surface area contributed by atoms with Crippen molar-refractivity contribution < 1.29 is 34.4 Å². The molecule has 0 aliphatic carbocycles. The maximum absolute atomic E-state index is 10.5. The van der Waals surface area contributed by atoms with E-state index in [-0.39, 0.29) is 0 Å². The Hall–Kier alpha value is -4.08. The van der Waals surface area contributed by atoms with Gasteiger partial charge < -0.3 is 34.7 Å². The Bertz CT molecular complexity index is 1380. The van der Waals surface area contributed by atoms with Crippen molar-refractivity contribution >= 4 is 33.6 Å². The highest BCUT2D eigenvalue weighted by atomic mass is 16.5. The van der Waals surface area contributed by atoms with E-state index in [1.807, 2.05) is 36.5 Å². The molecule has 1 fully saturated rings. The van der Waals surface area contributed by atoms with E-state index in [1.165, 1.54) is 16.3 Å². The first-order chi connectivity index (χ1) is 18.3. The summed E-state index contributed by atoms with van der Waals surface area (Å²) in [6.07, 6.45) is 3.62. The Labute approximate surface area is 220 Å². The number of hydrogen-bond acceptors (Lipinski definition) is 6. The van der Waals surface area contributed by atoms with Gasteiger partial charge in [-0.2, -0.15) is 0 Å². The number of aliphatic hydroxyl groups is 1. The van der Waals surface area contributed by atoms with Crippen LogP contribution in [0.25, 0.3) is 21.7 Å². The molecule has 9 heteroatoms. The lowest BCUT2D eigenvalue weighted by Crippen LogP contribution is -2.40. The van der Waals surface area contributed by atoms with Gasteiger partial charge in [0.25, 0.3) is 0 Å². The molecule has 38 heavy (non-hydrogen) atoms. The number of benzene rings is 3. The van der Waals surface area contributed by atoms with Gasteiger partial charge in [-0.1, -0.05) is 30.3 Å². The number of carboxylic acids is 2. The highest BCUT2D eigenvalue weighted by Gasteiger charge is 2.22. The standard InChI is InChI=1S/C27H30N2O3.C2H2O4/c1-31-24-8-7-21-15-20(5-6-22(21)16-24)19-10-13-29(14-11-19)17-23(30)18-32-27-4-2-3-26-25(27)9-12-28-26;3-1(4)2(5)6/h2-9,12,15-16,19,23,28,30H,10-11,13-14,17-18H2,1H3;(H,3,4)(H,5,6)/t23-;/m0./s1. The summed E-state index contributed by atoms with van der Waals surface area (Å²) in [5.74, 6) is -1.37. The summed E-state index contributed by atoms with van der Waals surface area (Å²) in [6.45, 7) is 2.94. The van der Waals surface area contributed by atoms with Crippen LogP contribution in [-0.4, -0.2) is 76.6 Å². The van der Waals surface area contributed by atoms with Gasteiger partial charge in [0.2, 0.25) is 0 Å². The SMILES string of the molecule is COc1ccc2cc(C3CCN(C[C@H](O)COc4cccc5[nH]ccc45)CC3)ccc2c1.O=C(O)C(=O)O. The fourth-order valence-electron chi connectivity index (χ4n) is 4.79. The highest BCUT2D eigenvalue weighted by Crippen LogP contribution is 2.31. The zero-order chi connectivity index (χ0) is 27.1. The average molecular weight is 521 g/mol. The van der Waals surface area contributed by atoms with E-state index in [0.29, 0.717) is 19.1 Å². The smallest absolute Gasteiger partial charge is 0.414 e. The number of β-amino-alcohol motifs (C(OH)–C–C–N with tert-alkyl or cyclic N) is 1. The van der Waals surface area contributed by atoms with E-state index in [9.17, 15) is 5.11 Å². The van der Waals surface area contributed by atoms with Gasteiger partial charge in [0.05, 0.1) is 7.11 Å². The zero-order valence-corrected chi connectivity index (χ0v) is 21.2. The molecular weight excluding hydrogens is 488 g/mol. The number of carboxylic acid groups (broad SMARTS) is 2. The molecule has 3 aromatic carbocycles. The molecule has 9 nitrogen and oxygen atoms in total. The Balaban J connectivity index is 0.000000505. The lowest BCUT2D eigenvalue weighted by Gasteiger charge is -2.33. The monoisotopic (exact) mass is 520 g/mol. The fraction of sp³-hybridized carbons (Fsp3) is 0.310. The van der Waals surface area contributed by atoms with Crippen molar-refractivity contribution in [1.29, 1.82) is 0 Å². The second kappa shape index (κ2) is 12.4. The molecule has 1 atom stereocenters. The van der Waals surface area contributed by atoms with Crippen LogP contribution in [0.3, 0.4) is 0 Å². The maximum Gasteiger partial charge on any atom is 0.414 e. The summed E-state index contributed by atoms with van der Waals surface area (Å²) in [5, 5.41) is 28.8. The lowest BCUT2D eigenvalue weighted by atomic mass is 9.88. The summed E-state index contributed by atoms with van der Waals surface area (Å²) in [6, 6.07) is 21.0. The number of hydrogen-bond donors (Lipinski definition) is 4. The summed E-state index contributed by atoms with van der Waals surface area (Å²) in [5.41, 5.74) is 2.46. The minimum Gasteiger partial charge on any atom is -0.497 e. The third-order valence-electron chi connectivity index (χ3n) is 6.77. The van der Waals surface area contributed by atoms with E-state index < -0.39 is 18.0 Å². The van der Waals surface area contributed by atoms with Crippen LogP contribution in [0.4, 0.5) is 0 Å². The molecule has 0 spiro atoms. The molecule has 5 rings (SSSR count). The van der Waals surface area contributed by atoms with Crippen molar-refractivity contribution in [3.05, 3.63) is 72.4 Å². The van der Waals surface area contributed by atoms with Crippen LogP contribution in [0.5, 0.6) is 11.5 Å². The number of nitrogens with zero attached hydrogens (tertiary/aromatic N) is 1. The molecule has 0 radical (unpaired) electrons. The molecular formula is C29H32N2O7. The number of nitrogens with one attached hydrogen (secondary N) is 1. The molecule has 1 aliphatic rings. The Morgan fingerprint density at radius 3 is 2.42 bits per heavy atom. The normalized spacial score (nSPS) is 15.0. The van der Waals surface area contributed by atoms with Gasteiger partial charge in [0.15, 0.2) is 0 Å². The van der Waals surface area contributed by atoms with Gasteiger partial charge in [-0.3, -0.25) is 0 Å². The van der Waals surface area contributed by atoms with E-state index in [2.05, 4.69) is 40.2 Å². The number of aromatic amines is 1. The number of aliphatic carboxylic acids is 2. The maximum atomic E-state index is 10.5. The summed E-state index contributed by atoms with van der Waals surface area (Å²) >= 11 is 0. The first-order valence-electron chi connectivity index (χ1n) is 12.5. The molecule has 0 amide bonds.